The van der Waals surface area contributed by atoms with Crippen LogP contribution >= 0.6 is 0 Å². The summed E-state index contributed by atoms with van der Waals surface area (Å²) in [6.07, 6.45) is 0.833. The van der Waals surface area contributed by atoms with Crippen molar-refractivity contribution in [1.82, 2.24) is 5.32 Å². The summed E-state index contributed by atoms with van der Waals surface area (Å²) in [6.45, 7) is 4.02. The third kappa shape index (κ3) is 6.24. The van der Waals surface area contributed by atoms with E-state index in [2.05, 4.69) is 5.32 Å². The molecule has 2 atom stereocenters. The fourth-order valence-electron chi connectivity index (χ4n) is 3.06. The van der Waals surface area contributed by atoms with E-state index >= 15 is 0 Å². The van der Waals surface area contributed by atoms with Gasteiger partial charge in [-0.1, -0.05) is 56.7 Å². The summed E-state index contributed by atoms with van der Waals surface area (Å²) < 4.78 is 15.8. The average Bonchev–Trinajstić information content (AvgIpc) is 2.76. The molecule has 0 saturated heterocycles. The van der Waals surface area contributed by atoms with Gasteiger partial charge in [-0.05, 0) is 29.2 Å². The Morgan fingerprint density at radius 1 is 1.00 bits per heavy atom. The van der Waals surface area contributed by atoms with Gasteiger partial charge in [0.1, 0.15) is 0 Å². The number of carbonyl (C=O) groups is 2. The van der Waals surface area contributed by atoms with Crippen LogP contribution in [0.5, 0.6) is 11.5 Å². The van der Waals surface area contributed by atoms with E-state index in [0.29, 0.717) is 18.0 Å². The Kier molecular flexibility index (Phi) is 8.52. The van der Waals surface area contributed by atoms with E-state index in [-0.39, 0.29) is 30.3 Å². The third-order valence-corrected chi connectivity index (χ3v) is 4.91. The van der Waals surface area contributed by atoms with E-state index in [4.69, 9.17) is 14.2 Å². The lowest BCUT2D eigenvalue weighted by atomic mass is 9.86. The second-order valence-corrected chi connectivity index (χ2v) is 6.85. The molecule has 0 aliphatic carbocycles. The van der Waals surface area contributed by atoms with Crippen LogP contribution in [-0.4, -0.2) is 32.7 Å². The molecule has 2 aromatic carbocycles. The molecule has 0 bridgehead atoms. The predicted octanol–water partition coefficient (Wildman–Crippen LogP) is 3.69. The molecule has 2 aromatic rings. The minimum Gasteiger partial charge on any atom is -0.493 e. The third-order valence-electron chi connectivity index (χ3n) is 4.91. The van der Waals surface area contributed by atoms with Crippen molar-refractivity contribution in [2.45, 2.75) is 32.7 Å². The largest absolute Gasteiger partial charge is 0.493 e. The molecule has 0 fully saturated rings. The van der Waals surface area contributed by atoms with Crippen LogP contribution in [-0.2, 0) is 20.9 Å². The van der Waals surface area contributed by atoms with Gasteiger partial charge in [-0.15, -0.1) is 0 Å². The fraction of sp³-hybridized carbons (Fsp3) is 0.391. The van der Waals surface area contributed by atoms with E-state index < -0.39 is 0 Å². The summed E-state index contributed by atoms with van der Waals surface area (Å²) in [5.74, 6) is 0.189. The van der Waals surface area contributed by atoms with Crippen molar-refractivity contribution in [3.05, 3.63) is 59.7 Å². The Labute approximate surface area is 172 Å². The van der Waals surface area contributed by atoms with Crippen molar-refractivity contribution < 1.29 is 23.8 Å². The van der Waals surface area contributed by atoms with Gasteiger partial charge in [0.25, 0.3) is 5.91 Å². The summed E-state index contributed by atoms with van der Waals surface area (Å²) >= 11 is 0. The van der Waals surface area contributed by atoms with Crippen molar-refractivity contribution in [3.63, 3.8) is 0 Å². The molecule has 0 saturated carbocycles. The number of esters is 1. The molecule has 6 heteroatoms. The molecule has 1 amide bonds. The quantitative estimate of drug-likeness (QED) is 0.617. The Bertz CT molecular complexity index is 806. The normalized spacial score (nSPS) is 12.6. The lowest BCUT2D eigenvalue weighted by Gasteiger charge is -2.21. The molecule has 0 aliphatic heterocycles. The SMILES string of the molecule is CC[C@H](C)[C@H](C(=O)OCC(=O)NCc1ccc(OC)c(OC)c1)c1ccccc1. The highest BCUT2D eigenvalue weighted by molar-refractivity contribution is 5.83. The Hall–Kier alpha value is -3.02. The summed E-state index contributed by atoms with van der Waals surface area (Å²) in [4.78, 5) is 24.8. The maximum absolute atomic E-state index is 12.6. The topological polar surface area (TPSA) is 73.9 Å². The predicted molar refractivity (Wildman–Crippen MR) is 111 cm³/mol. The molecular formula is C23H29NO5. The molecule has 0 aromatic heterocycles. The summed E-state index contributed by atoms with van der Waals surface area (Å²) in [6, 6.07) is 14.9. The molecule has 0 heterocycles. The highest BCUT2D eigenvalue weighted by atomic mass is 16.5. The Balaban J connectivity index is 1.91. The van der Waals surface area contributed by atoms with E-state index in [0.717, 1.165) is 17.5 Å². The number of benzene rings is 2. The minimum atomic E-state index is -0.389. The lowest BCUT2D eigenvalue weighted by molar-refractivity contribution is -0.151. The van der Waals surface area contributed by atoms with Crippen molar-refractivity contribution in [2.75, 3.05) is 20.8 Å². The van der Waals surface area contributed by atoms with Gasteiger partial charge in [0.05, 0.1) is 20.1 Å². The van der Waals surface area contributed by atoms with Gasteiger partial charge < -0.3 is 19.5 Å². The first-order valence-electron chi connectivity index (χ1n) is 9.69. The zero-order valence-electron chi connectivity index (χ0n) is 17.4. The van der Waals surface area contributed by atoms with E-state index in [9.17, 15) is 9.59 Å². The van der Waals surface area contributed by atoms with Gasteiger partial charge >= 0.3 is 5.97 Å². The number of hydrogen-bond acceptors (Lipinski definition) is 5. The van der Waals surface area contributed by atoms with Crippen molar-refractivity contribution >= 4 is 11.9 Å². The summed E-state index contributed by atoms with van der Waals surface area (Å²) in [5.41, 5.74) is 1.75. The van der Waals surface area contributed by atoms with Gasteiger partial charge in [-0.25, -0.2) is 0 Å². The first-order valence-corrected chi connectivity index (χ1v) is 9.69. The zero-order chi connectivity index (χ0) is 21.2. The molecule has 29 heavy (non-hydrogen) atoms. The number of rotatable bonds is 10. The van der Waals surface area contributed by atoms with E-state index in [1.807, 2.05) is 50.2 Å². The monoisotopic (exact) mass is 399 g/mol. The van der Waals surface area contributed by atoms with Crippen LogP contribution in [0.2, 0.25) is 0 Å². The maximum Gasteiger partial charge on any atom is 0.314 e. The maximum atomic E-state index is 12.6. The molecule has 0 radical (unpaired) electrons. The lowest BCUT2D eigenvalue weighted by Crippen LogP contribution is -2.30. The standard InChI is InChI=1S/C23H29NO5/c1-5-16(2)22(18-9-7-6-8-10-18)23(26)29-15-21(25)24-14-17-11-12-19(27-3)20(13-17)28-4/h6-13,16,22H,5,14-15H2,1-4H3,(H,24,25)/t16-,22-/m0/s1. The van der Waals surface area contributed by atoms with Crippen LogP contribution in [0.25, 0.3) is 0 Å². The van der Waals surface area contributed by atoms with Gasteiger partial charge in [0.2, 0.25) is 0 Å². The molecular weight excluding hydrogens is 370 g/mol. The molecule has 0 spiro atoms. The van der Waals surface area contributed by atoms with Crippen LogP contribution in [0.3, 0.4) is 0 Å². The Morgan fingerprint density at radius 2 is 1.69 bits per heavy atom. The van der Waals surface area contributed by atoms with Crippen LogP contribution in [0, 0.1) is 5.92 Å². The van der Waals surface area contributed by atoms with Crippen LogP contribution in [0.4, 0.5) is 0 Å². The number of nitrogens with one attached hydrogen (secondary N) is 1. The molecule has 6 nitrogen and oxygen atoms in total. The van der Waals surface area contributed by atoms with Crippen molar-refractivity contribution in [1.29, 1.82) is 0 Å². The fourth-order valence-corrected chi connectivity index (χ4v) is 3.06. The second-order valence-electron chi connectivity index (χ2n) is 6.85. The van der Waals surface area contributed by atoms with Crippen LogP contribution in [0.1, 0.15) is 37.3 Å². The number of ether oxygens (including phenoxy) is 3. The Morgan fingerprint density at radius 3 is 2.31 bits per heavy atom. The smallest absolute Gasteiger partial charge is 0.314 e. The van der Waals surface area contributed by atoms with E-state index in [1.54, 1.807) is 26.4 Å². The summed E-state index contributed by atoms with van der Waals surface area (Å²) in [5, 5.41) is 2.75. The van der Waals surface area contributed by atoms with Gasteiger partial charge in [-0.2, -0.15) is 0 Å². The number of carbonyl (C=O) groups excluding carboxylic acids is 2. The second kappa shape index (κ2) is 11.1. The minimum absolute atomic E-state index is 0.111. The first-order chi connectivity index (χ1) is 14.0. The average molecular weight is 399 g/mol. The van der Waals surface area contributed by atoms with E-state index in [1.165, 1.54) is 0 Å². The molecule has 0 aliphatic rings. The molecule has 1 N–H and O–H groups in total. The van der Waals surface area contributed by atoms with Gasteiger partial charge in [0.15, 0.2) is 18.1 Å². The van der Waals surface area contributed by atoms with Gasteiger partial charge in [0, 0.05) is 6.54 Å². The highest BCUT2D eigenvalue weighted by Gasteiger charge is 2.27. The van der Waals surface area contributed by atoms with Crippen molar-refractivity contribution in [3.8, 4) is 11.5 Å². The first kappa shape index (κ1) is 22.3. The number of hydrogen-bond donors (Lipinski definition) is 1. The molecule has 0 unspecified atom stereocenters. The van der Waals surface area contributed by atoms with Crippen molar-refractivity contribution in [2.24, 2.45) is 5.92 Å². The zero-order valence-corrected chi connectivity index (χ0v) is 17.4. The molecule has 2 rings (SSSR count). The highest BCUT2D eigenvalue weighted by Crippen LogP contribution is 2.29. The van der Waals surface area contributed by atoms with Gasteiger partial charge in [-0.3, -0.25) is 9.59 Å². The van der Waals surface area contributed by atoms with Crippen LogP contribution < -0.4 is 14.8 Å². The summed E-state index contributed by atoms with van der Waals surface area (Å²) in [7, 11) is 3.12. The van der Waals surface area contributed by atoms with Crippen LogP contribution in [0.15, 0.2) is 48.5 Å². The molecule has 156 valence electrons. The number of methoxy groups -OCH3 is 2. The number of amides is 1.